The van der Waals surface area contributed by atoms with Crippen molar-refractivity contribution >= 4 is 25.7 Å². The molecule has 0 aromatic heterocycles. The number of aliphatic hydroxyl groups is 2. The van der Waals surface area contributed by atoms with Crippen LogP contribution in [0.2, 0.25) is 0 Å². The second-order valence-electron chi connectivity index (χ2n) is 14.9. The largest absolute Gasteiger partial charge is 0.480 e. The molecule has 6 N–H and O–H groups in total. The third-order valence-electron chi connectivity index (χ3n) is 9.14. The molecule has 0 aromatic carbocycles. The predicted molar refractivity (Wildman–Crippen MR) is 238 cm³/mol. The molecule has 13 nitrogen and oxygen atoms in total. The van der Waals surface area contributed by atoms with Gasteiger partial charge in [0.05, 0.1) is 25.4 Å². The molecule has 0 bridgehead atoms. The highest BCUT2D eigenvalue weighted by atomic mass is 31.2. The number of carbonyl (C=O) groups excluding carboxylic acids is 2. The molecule has 0 fully saturated rings. The van der Waals surface area contributed by atoms with Crippen LogP contribution in [0.1, 0.15) is 155 Å². The van der Waals surface area contributed by atoms with Crippen molar-refractivity contribution in [1.29, 1.82) is 0 Å². The van der Waals surface area contributed by atoms with Crippen LogP contribution in [0.4, 0.5) is 0 Å². The molecule has 0 saturated heterocycles. The quantitative estimate of drug-likeness (QED) is 0.0128. The molecule has 0 aliphatic carbocycles. The normalized spacial score (nSPS) is 15.4. The van der Waals surface area contributed by atoms with E-state index >= 15 is 0 Å². The monoisotopic (exact) mass is 868 g/mol. The maximum absolute atomic E-state index is 12.6. The van der Waals surface area contributed by atoms with Crippen LogP contribution in [0.15, 0.2) is 72.9 Å². The van der Waals surface area contributed by atoms with Gasteiger partial charge < -0.3 is 35.4 Å². The molecular formula is C46H78NO12P. The van der Waals surface area contributed by atoms with E-state index in [2.05, 4.69) is 11.4 Å². The molecule has 0 radical (unpaired) electrons. The van der Waals surface area contributed by atoms with Gasteiger partial charge in [0.25, 0.3) is 0 Å². The van der Waals surface area contributed by atoms with Gasteiger partial charge in [-0.25, -0.2) is 4.57 Å². The maximum Gasteiger partial charge on any atom is 0.472 e. The number of unbranched alkanes of at least 4 members (excludes halogenated alkanes) is 15. The zero-order valence-corrected chi connectivity index (χ0v) is 37.4. The van der Waals surface area contributed by atoms with Gasteiger partial charge in [0, 0.05) is 12.8 Å². The van der Waals surface area contributed by atoms with Gasteiger partial charge in [-0.1, -0.05) is 177 Å². The molecule has 0 rings (SSSR count). The molecule has 0 aromatic rings. The first-order valence-electron chi connectivity index (χ1n) is 22.2. The zero-order valence-electron chi connectivity index (χ0n) is 36.5. The van der Waals surface area contributed by atoms with Crippen LogP contribution in [0.5, 0.6) is 0 Å². The smallest absolute Gasteiger partial charge is 0.472 e. The topological polar surface area (TPSA) is 212 Å². The fourth-order valence-corrected chi connectivity index (χ4v) is 6.41. The summed E-state index contributed by atoms with van der Waals surface area (Å²) in [5.41, 5.74) is 5.32. The lowest BCUT2D eigenvalue weighted by Gasteiger charge is -2.20. The fraction of sp³-hybridized carbons (Fsp3) is 0.674. The summed E-state index contributed by atoms with van der Waals surface area (Å²) < 4.78 is 32.6. The summed E-state index contributed by atoms with van der Waals surface area (Å²) in [6.07, 6.45) is 40.4. The number of hydrogen-bond donors (Lipinski definition) is 5. The summed E-state index contributed by atoms with van der Waals surface area (Å²) in [5, 5.41) is 28.9. The Balaban J connectivity index is 4.60. The Labute approximate surface area is 360 Å². The lowest BCUT2D eigenvalue weighted by atomic mass is 10.0. The van der Waals surface area contributed by atoms with Crippen molar-refractivity contribution < 1.29 is 57.7 Å². The number of aliphatic hydroxyl groups excluding tert-OH is 2. The van der Waals surface area contributed by atoms with E-state index < -0.39 is 69.9 Å². The second-order valence-corrected chi connectivity index (χ2v) is 16.3. The molecule has 60 heavy (non-hydrogen) atoms. The number of nitrogens with two attached hydrogens (primary N) is 1. The summed E-state index contributed by atoms with van der Waals surface area (Å²) in [6, 6.07) is -1.55. The minimum absolute atomic E-state index is 0.0336. The first-order chi connectivity index (χ1) is 28.9. The van der Waals surface area contributed by atoms with E-state index in [-0.39, 0.29) is 12.8 Å². The fourth-order valence-electron chi connectivity index (χ4n) is 5.63. The summed E-state index contributed by atoms with van der Waals surface area (Å²) in [5.74, 6) is -2.59. The van der Waals surface area contributed by atoms with Crippen LogP contribution in [-0.4, -0.2) is 82.3 Å². The van der Waals surface area contributed by atoms with Crippen molar-refractivity contribution in [3.05, 3.63) is 72.9 Å². The highest BCUT2D eigenvalue weighted by molar-refractivity contribution is 7.47. The number of aliphatic carboxylic acids is 1. The molecule has 0 aliphatic rings. The van der Waals surface area contributed by atoms with Gasteiger partial charge >= 0.3 is 25.7 Å². The van der Waals surface area contributed by atoms with E-state index in [1.807, 2.05) is 49.5 Å². The Morgan fingerprint density at radius 1 is 0.633 bits per heavy atom. The Bertz CT molecular complexity index is 1330. The second kappa shape index (κ2) is 39.9. The zero-order chi connectivity index (χ0) is 44.5. The molecule has 1 unspecified atom stereocenters. The molecule has 0 spiro atoms. The summed E-state index contributed by atoms with van der Waals surface area (Å²) in [4.78, 5) is 46.0. The number of carboxylic acids is 1. The predicted octanol–water partition coefficient (Wildman–Crippen LogP) is 9.67. The van der Waals surface area contributed by atoms with E-state index in [1.54, 1.807) is 30.4 Å². The molecule has 0 amide bonds. The maximum atomic E-state index is 12.6. The third kappa shape index (κ3) is 39.0. The molecular weight excluding hydrogens is 789 g/mol. The number of rotatable bonds is 40. The highest BCUT2D eigenvalue weighted by Crippen LogP contribution is 2.43. The molecule has 344 valence electrons. The van der Waals surface area contributed by atoms with Crippen LogP contribution in [0.3, 0.4) is 0 Å². The number of phosphoric ester groups is 1. The number of allylic oxidation sites excluding steroid dienone is 8. The third-order valence-corrected chi connectivity index (χ3v) is 10.1. The van der Waals surface area contributed by atoms with Crippen molar-refractivity contribution in [1.82, 2.24) is 0 Å². The van der Waals surface area contributed by atoms with Gasteiger partial charge in [-0.3, -0.25) is 23.4 Å². The van der Waals surface area contributed by atoms with Gasteiger partial charge in [0.1, 0.15) is 12.6 Å². The van der Waals surface area contributed by atoms with Crippen LogP contribution in [0.25, 0.3) is 0 Å². The van der Waals surface area contributed by atoms with E-state index in [0.29, 0.717) is 32.1 Å². The van der Waals surface area contributed by atoms with E-state index in [1.165, 1.54) is 70.6 Å². The first kappa shape index (κ1) is 56.8. The van der Waals surface area contributed by atoms with Crippen LogP contribution in [0, 0.1) is 0 Å². The van der Waals surface area contributed by atoms with E-state index in [4.69, 9.17) is 24.8 Å². The van der Waals surface area contributed by atoms with Gasteiger partial charge in [-0.05, 0) is 38.5 Å². The highest BCUT2D eigenvalue weighted by Gasteiger charge is 2.28. The van der Waals surface area contributed by atoms with Gasteiger partial charge in [-0.15, -0.1) is 0 Å². The minimum atomic E-state index is -4.77. The molecule has 0 saturated carbocycles. The Hall–Kier alpha value is -3.16. The SMILES string of the molecule is CC/C=C\C[C@@H](O)/C=C/C=C\C/C=C\C=C\[C@@H](O)/C=C\CCCC(=O)OC[C@H](COP(=O)(O)OC[C@H](N)C(=O)O)OC(=O)CCCCCCCCCCCCCCCCC. The number of esters is 2. The number of ether oxygens (including phenoxy) is 2. The van der Waals surface area contributed by atoms with E-state index in [9.17, 15) is 34.1 Å². The number of phosphoric acid groups is 1. The van der Waals surface area contributed by atoms with Crippen molar-refractivity contribution in [3.63, 3.8) is 0 Å². The lowest BCUT2D eigenvalue weighted by molar-refractivity contribution is -0.161. The average molecular weight is 868 g/mol. The minimum Gasteiger partial charge on any atom is -0.480 e. The molecule has 5 atom stereocenters. The van der Waals surface area contributed by atoms with Crippen molar-refractivity contribution in [2.45, 2.75) is 179 Å². The van der Waals surface area contributed by atoms with Gasteiger partial charge in [0.15, 0.2) is 6.10 Å². The molecule has 0 aliphatic heterocycles. The van der Waals surface area contributed by atoms with Crippen molar-refractivity contribution in [3.8, 4) is 0 Å². The van der Waals surface area contributed by atoms with Crippen molar-refractivity contribution in [2.24, 2.45) is 5.73 Å². The lowest BCUT2D eigenvalue weighted by Crippen LogP contribution is -2.34. The van der Waals surface area contributed by atoms with Crippen LogP contribution < -0.4 is 5.73 Å². The Morgan fingerprint density at radius 2 is 1.18 bits per heavy atom. The van der Waals surface area contributed by atoms with E-state index in [0.717, 1.165) is 25.7 Å². The summed E-state index contributed by atoms with van der Waals surface area (Å²) >= 11 is 0. The number of hydrogen-bond acceptors (Lipinski definition) is 11. The van der Waals surface area contributed by atoms with Crippen molar-refractivity contribution in [2.75, 3.05) is 19.8 Å². The summed E-state index contributed by atoms with van der Waals surface area (Å²) in [7, 11) is -4.77. The summed E-state index contributed by atoms with van der Waals surface area (Å²) in [6.45, 7) is 2.42. The Kier molecular flexibility index (Phi) is 37.8. The average Bonchev–Trinajstić information content (AvgIpc) is 3.21. The van der Waals surface area contributed by atoms with Gasteiger partial charge in [-0.2, -0.15) is 0 Å². The van der Waals surface area contributed by atoms with Gasteiger partial charge in [0.2, 0.25) is 0 Å². The standard InChI is InChI=1S/C46H78NO12P/c1-3-5-7-8-9-10-11-12-13-14-15-16-20-23-29-36-45(51)59-42(38-57-60(54,55)58-39-43(47)46(52)53)37-56-44(50)35-30-24-28-34-41(49)33-27-22-19-17-18-21-26-32-40(48)31-25-6-4-2/h6,18-19,21-22,25-28,32-34,40-43,48-49H,3-5,7-17,20,23-24,29-31,35-39,47H2,1-2H3,(H,52,53)(H,54,55)/b21-18-,22-19-,25-6-,32-26+,33-27+,34-28-/t40-,41-,42-,43+/m1/s1. The Morgan fingerprint density at radius 3 is 1.77 bits per heavy atom. The molecule has 14 heteroatoms. The first-order valence-corrected chi connectivity index (χ1v) is 23.7. The number of carboxylic acid groups (broad SMARTS) is 1. The van der Waals surface area contributed by atoms with Crippen LogP contribution in [-0.2, 0) is 37.5 Å². The van der Waals surface area contributed by atoms with Crippen LogP contribution >= 0.6 is 7.82 Å². The molecule has 0 heterocycles. The number of carbonyl (C=O) groups is 3.